The Balaban J connectivity index is 1.59. The Morgan fingerprint density at radius 3 is 2.59 bits per heavy atom. The normalized spacial score (nSPS) is 17.6. The van der Waals surface area contributed by atoms with Crippen LogP contribution in [0.25, 0.3) is 10.9 Å². The number of alkyl halides is 4. The van der Waals surface area contributed by atoms with Gasteiger partial charge in [0.05, 0.1) is 48.0 Å². The molecule has 1 fully saturated rings. The number of sulfone groups is 1. The summed E-state index contributed by atoms with van der Waals surface area (Å²) in [6.45, 7) is -1.45. The molecule has 1 saturated heterocycles. The van der Waals surface area contributed by atoms with E-state index in [1.807, 2.05) is 0 Å². The first-order valence-electron chi connectivity index (χ1n) is 12.4. The summed E-state index contributed by atoms with van der Waals surface area (Å²) in [5.74, 6) is 5.82. The van der Waals surface area contributed by atoms with Gasteiger partial charge in [-0.05, 0) is 42.7 Å². The van der Waals surface area contributed by atoms with Crippen LogP contribution in [-0.2, 0) is 16.4 Å². The van der Waals surface area contributed by atoms with E-state index >= 15 is 0 Å². The van der Waals surface area contributed by atoms with Gasteiger partial charge in [0, 0.05) is 29.9 Å². The molecule has 3 N–H and O–H groups in total. The van der Waals surface area contributed by atoms with Crippen molar-refractivity contribution in [3.63, 3.8) is 0 Å². The third kappa shape index (κ3) is 7.15. The SMILES string of the molecule is COc1cc(S(C)(=O)=O)ccc1NCC#Cc1cc2c(N[C@H]3CCN(C(=O)O)C[C@H]3F)cccc2n1CC(F)(F)F. The Morgan fingerprint density at radius 2 is 1.95 bits per heavy atom. The number of nitrogens with zero attached hydrogens (tertiary/aromatic N) is 2. The molecule has 2 atom stereocenters. The number of anilines is 2. The molecule has 0 saturated carbocycles. The number of nitrogens with one attached hydrogen (secondary N) is 2. The van der Waals surface area contributed by atoms with Crippen LogP contribution in [0.5, 0.6) is 5.75 Å². The second-order valence-corrected chi connectivity index (χ2v) is 11.6. The van der Waals surface area contributed by atoms with E-state index in [2.05, 4.69) is 22.5 Å². The lowest BCUT2D eigenvalue weighted by Crippen LogP contribution is -2.49. The van der Waals surface area contributed by atoms with E-state index < -0.39 is 40.9 Å². The van der Waals surface area contributed by atoms with Crippen molar-refractivity contribution in [2.24, 2.45) is 0 Å². The van der Waals surface area contributed by atoms with Gasteiger partial charge in [0.25, 0.3) is 0 Å². The molecule has 41 heavy (non-hydrogen) atoms. The molecule has 0 radical (unpaired) electrons. The highest BCUT2D eigenvalue weighted by atomic mass is 32.2. The fourth-order valence-corrected chi connectivity index (χ4v) is 5.26. The summed E-state index contributed by atoms with van der Waals surface area (Å²) in [6, 6.07) is 9.75. The molecule has 1 amide bonds. The number of carbonyl (C=O) groups is 1. The minimum absolute atomic E-state index is 0.0128. The van der Waals surface area contributed by atoms with Gasteiger partial charge in [0.15, 0.2) is 9.84 Å². The van der Waals surface area contributed by atoms with E-state index in [9.17, 15) is 30.8 Å². The second-order valence-electron chi connectivity index (χ2n) is 9.54. The molecule has 4 rings (SSSR count). The molecule has 2 heterocycles. The number of halogens is 4. The zero-order chi connectivity index (χ0) is 29.9. The van der Waals surface area contributed by atoms with Gasteiger partial charge in [-0.15, -0.1) is 0 Å². The zero-order valence-corrected chi connectivity index (χ0v) is 22.9. The number of carboxylic acid groups (broad SMARTS) is 1. The molecule has 0 unspecified atom stereocenters. The van der Waals surface area contributed by atoms with Crippen LogP contribution in [-0.4, -0.2) is 80.5 Å². The molecule has 2 aromatic carbocycles. The maximum absolute atomic E-state index is 14.7. The molecule has 220 valence electrons. The van der Waals surface area contributed by atoms with Crippen molar-refractivity contribution < 1.29 is 40.6 Å². The third-order valence-electron chi connectivity index (χ3n) is 6.62. The Kier molecular flexibility index (Phi) is 8.58. The van der Waals surface area contributed by atoms with Crippen molar-refractivity contribution in [1.29, 1.82) is 0 Å². The van der Waals surface area contributed by atoms with Crippen LogP contribution in [0.3, 0.4) is 0 Å². The number of ether oxygens (including phenoxy) is 1. The van der Waals surface area contributed by atoms with Crippen molar-refractivity contribution in [3.8, 4) is 17.6 Å². The van der Waals surface area contributed by atoms with Crippen LogP contribution in [0.1, 0.15) is 12.1 Å². The maximum Gasteiger partial charge on any atom is 0.407 e. The van der Waals surface area contributed by atoms with Crippen LogP contribution in [0.15, 0.2) is 47.4 Å². The lowest BCUT2D eigenvalue weighted by molar-refractivity contribution is -0.140. The quantitative estimate of drug-likeness (QED) is 0.270. The number of fused-ring (bicyclic) bond motifs is 1. The lowest BCUT2D eigenvalue weighted by Gasteiger charge is -2.34. The number of hydrogen-bond donors (Lipinski definition) is 3. The molecular weight excluding hydrogens is 568 g/mol. The fraction of sp³-hybridized carbons (Fsp3) is 0.370. The molecule has 1 aromatic heterocycles. The minimum Gasteiger partial charge on any atom is -0.495 e. The van der Waals surface area contributed by atoms with Crippen molar-refractivity contribution in [2.45, 2.75) is 36.3 Å². The monoisotopic (exact) mass is 596 g/mol. The number of aromatic nitrogens is 1. The first-order valence-corrected chi connectivity index (χ1v) is 14.3. The number of hydrogen-bond acceptors (Lipinski definition) is 6. The summed E-state index contributed by atoms with van der Waals surface area (Å²) in [4.78, 5) is 12.2. The smallest absolute Gasteiger partial charge is 0.407 e. The van der Waals surface area contributed by atoms with E-state index in [4.69, 9.17) is 9.84 Å². The standard InChI is InChI=1S/C27H28F4N4O5S/c1-40-25-14-18(41(2,38)39)8-9-23(25)32-11-4-5-17-13-19-21(6-3-7-24(19)35(17)16-27(29,30)31)33-22-10-12-34(26(36)37)15-20(22)28/h3,6-9,13-14,20,22,32-33H,10-12,15-16H2,1-2H3,(H,36,37)/t20-,22+/m1/s1. The van der Waals surface area contributed by atoms with Crippen LogP contribution < -0.4 is 15.4 Å². The van der Waals surface area contributed by atoms with Crippen LogP contribution in [0.2, 0.25) is 0 Å². The summed E-state index contributed by atoms with van der Waals surface area (Å²) in [5.41, 5.74) is 1.20. The molecule has 0 aliphatic carbocycles. The number of rotatable bonds is 7. The molecule has 0 spiro atoms. The molecular formula is C27H28F4N4O5S. The number of methoxy groups -OCH3 is 1. The highest BCUT2D eigenvalue weighted by Gasteiger charge is 2.33. The average Bonchev–Trinajstić information content (AvgIpc) is 3.23. The lowest BCUT2D eigenvalue weighted by atomic mass is 10.0. The predicted octanol–water partition coefficient (Wildman–Crippen LogP) is 4.58. The van der Waals surface area contributed by atoms with E-state index in [1.165, 1.54) is 37.4 Å². The van der Waals surface area contributed by atoms with Crippen molar-refractivity contribution >= 4 is 38.2 Å². The van der Waals surface area contributed by atoms with E-state index in [0.29, 0.717) is 16.8 Å². The Labute approximate surface area is 234 Å². The van der Waals surface area contributed by atoms with Gasteiger partial charge >= 0.3 is 12.3 Å². The van der Waals surface area contributed by atoms with Gasteiger partial charge in [-0.2, -0.15) is 13.2 Å². The summed E-state index contributed by atoms with van der Waals surface area (Å²) in [7, 11) is -2.08. The molecule has 0 bridgehead atoms. The summed E-state index contributed by atoms with van der Waals surface area (Å²) < 4.78 is 85.1. The van der Waals surface area contributed by atoms with Crippen LogP contribution in [0, 0.1) is 11.8 Å². The highest BCUT2D eigenvalue weighted by molar-refractivity contribution is 7.90. The van der Waals surface area contributed by atoms with Crippen molar-refractivity contribution in [2.75, 3.05) is 43.6 Å². The van der Waals surface area contributed by atoms with Crippen molar-refractivity contribution in [3.05, 3.63) is 48.2 Å². The Morgan fingerprint density at radius 1 is 1.20 bits per heavy atom. The van der Waals surface area contributed by atoms with Gasteiger partial charge in [-0.25, -0.2) is 17.6 Å². The van der Waals surface area contributed by atoms with Gasteiger partial charge in [-0.1, -0.05) is 12.0 Å². The van der Waals surface area contributed by atoms with Crippen LogP contribution >= 0.6 is 0 Å². The number of amides is 1. The average molecular weight is 597 g/mol. The maximum atomic E-state index is 14.7. The largest absolute Gasteiger partial charge is 0.495 e. The first-order chi connectivity index (χ1) is 19.3. The first kappa shape index (κ1) is 29.9. The van der Waals surface area contributed by atoms with Crippen molar-refractivity contribution in [1.82, 2.24) is 9.47 Å². The van der Waals surface area contributed by atoms with Gasteiger partial charge in [-0.3, -0.25) is 0 Å². The Hall–Kier alpha value is -4.12. The number of benzene rings is 2. The van der Waals surface area contributed by atoms with Gasteiger partial charge < -0.3 is 29.9 Å². The van der Waals surface area contributed by atoms with Crippen LogP contribution in [0.4, 0.5) is 33.7 Å². The molecule has 3 aromatic rings. The number of likely N-dealkylation sites (tertiary alicyclic amines) is 1. The molecule has 9 nitrogen and oxygen atoms in total. The summed E-state index contributed by atoms with van der Waals surface area (Å²) >= 11 is 0. The Bertz CT molecular complexity index is 1610. The third-order valence-corrected chi connectivity index (χ3v) is 7.73. The second kappa shape index (κ2) is 11.8. The molecule has 1 aliphatic heterocycles. The summed E-state index contributed by atoms with van der Waals surface area (Å²) in [6.07, 6.45) is -5.98. The highest BCUT2D eigenvalue weighted by Crippen LogP contribution is 2.32. The van der Waals surface area contributed by atoms with E-state index in [1.54, 1.807) is 12.1 Å². The molecule has 1 aliphatic rings. The summed E-state index contributed by atoms with van der Waals surface area (Å²) in [5, 5.41) is 15.6. The topological polar surface area (TPSA) is 113 Å². The van der Waals surface area contributed by atoms with E-state index in [-0.39, 0.29) is 47.9 Å². The zero-order valence-electron chi connectivity index (χ0n) is 22.1. The van der Waals surface area contributed by atoms with Gasteiger partial charge in [0.2, 0.25) is 0 Å². The molecule has 14 heteroatoms. The fourth-order valence-electron chi connectivity index (χ4n) is 4.63. The van der Waals surface area contributed by atoms with Gasteiger partial charge in [0.1, 0.15) is 18.5 Å². The number of piperidine rings is 1. The minimum atomic E-state index is -4.54. The predicted molar refractivity (Wildman–Crippen MR) is 146 cm³/mol. The van der Waals surface area contributed by atoms with E-state index in [0.717, 1.165) is 15.7 Å².